The molecule has 3 atom stereocenters. The summed E-state index contributed by atoms with van der Waals surface area (Å²) >= 11 is 1.76. The van der Waals surface area contributed by atoms with Crippen LogP contribution in [0.4, 0.5) is 4.79 Å². The van der Waals surface area contributed by atoms with E-state index in [-0.39, 0.29) is 12.1 Å². The third-order valence-corrected chi connectivity index (χ3v) is 6.08. The molecule has 0 aliphatic carbocycles. The molecular formula is C18H29N3OS. The van der Waals surface area contributed by atoms with E-state index in [9.17, 15) is 4.79 Å². The number of carbonyl (C=O) groups excluding carboxylic acids is 1. The molecule has 0 saturated carbocycles. The highest BCUT2D eigenvalue weighted by molar-refractivity contribution is 7.09. The third kappa shape index (κ3) is 3.89. The number of likely N-dealkylation sites (tertiary alicyclic amines) is 1. The predicted molar refractivity (Wildman–Crippen MR) is 96.0 cm³/mol. The second-order valence-corrected chi connectivity index (χ2v) is 8.33. The summed E-state index contributed by atoms with van der Waals surface area (Å²) < 4.78 is 0. The fourth-order valence-electron chi connectivity index (χ4n) is 4.22. The molecule has 2 aliphatic heterocycles. The Balaban J connectivity index is 1.56. The van der Waals surface area contributed by atoms with Crippen LogP contribution < -0.4 is 5.32 Å². The zero-order valence-corrected chi connectivity index (χ0v) is 15.3. The van der Waals surface area contributed by atoms with Gasteiger partial charge >= 0.3 is 6.03 Å². The summed E-state index contributed by atoms with van der Waals surface area (Å²) in [4.78, 5) is 18.7. The number of thiophene rings is 1. The first-order chi connectivity index (χ1) is 11.0. The minimum atomic E-state index is 0.116. The molecular weight excluding hydrogens is 306 g/mol. The van der Waals surface area contributed by atoms with Crippen molar-refractivity contribution in [1.82, 2.24) is 15.1 Å². The summed E-state index contributed by atoms with van der Waals surface area (Å²) in [5.41, 5.74) is 0. The summed E-state index contributed by atoms with van der Waals surface area (Å²) in [6, 6.07) is 6.29. The molecule has 4 nitrogen and oxygen atoms in total. The van der Waals surface area contributed by atoms with Gasteiger partial charge in [-0.25, -0.2) is 4.79 Å². The lowest BCUT2D eigenvalue weighted by Crippen LogP contribution is -2.48. The van der Waals surface area contributed by atoms with E-state index in [1.54, 1.807) is 11.3 Å². The van der Waals surface area contributed by atoms with Crippen molar-refractivity contribution in [3.8, 4) is 0 Å². The minimum absolute atomic E-state index is 0.116. The topological polar surface area (TPSA) is 35.6 Å². The molecule has 2 saturated heterocycles. The van der Waals surface area contributed by atoms with Crippen LogP contribution in [0, 0.1) is 0 Å². The number of carbonyl (C=O) groups is 1. The zero-order chi connectivity index (χ0) is 16.4. The van der Waals surface area contributed by atoms with E-state index < -0.39 is 0 Å². The number of hydrogen-bond donors (Lipinski definition) is 1. The van der Waals surface area contributed by atoms with Gasteiger partial charge < -0.3 is 10.2 Å². The van der Waals surface area contributed by atoms with Crippen molar-refractivity contribution in [2.45, 2.75) is 70.6 Å². The van der Waals surface area contributed by atoms with Crippen molar-refractivity contribution in [2.24, 2.45) is 0 Å². The first-order valence-electron chi connectivity index (χ1n) is 8.90. The van der Waals surface area contributed by atoms with E-state index >= 15 is 0 Å². The molecule has 2 aliphatic rings. The lowest BCUT2D eigenvalue weighted by molar-refractivity contribution is 0.146. The molecule has 0 radical (unpaired) electrons. The van der Waals surface area contributed by atoms with Gasteiger partial charge in [-0.2, -0.15) is 0 Å². The molecule has 3 heterocycles. The number of amides is 2. The second kappa shape index (κ2) is 7.22. The average Bonchev–Trinajstić information content (AvgIpc) is 3.05. The van der Waals surface area contributed by atoms with E-state index in [0.29, 0.717) is 18.1 Å². The van der Waals surface area contributed by atoms with Gasteiger partial charge in [-0.1, -0.05) is 6.07 Å². The molecule has 3 rings (SSSR count). The van der Waals surface area contributed by atoms with Gasteiger partial charge in [0.1, 0.15) is 0 Å². The summed E-state index contributed by atoms with van der Waals surface area (Å²) in [5, 5.41) is 5.29. The van der Waals surface area contributed by atoms with Gasteiger partial charge in [0.15, 0.2) is 0 Å². The molecule has 5 heteroatoms. The van der Waals surface area contributed by atoms with Crippen LogP contribution >= 0.6 is 11.3 Å². The van der Waals surface area contributed by atoms with Crippen LogP contribution in [-0.4, -0.2) is 53.1 Å². The number of nitrogens with zero attached hydrogens (tertiary/aromatic N) is 2. The fraction of sp³-hybridized carbons (Fsp3) is 0.722. The smallest absolute Gasteiger partial charge is 0.317 e. The van der Waals surface area contributed by atoms with E-state index in [1.165, 1.54) is 17.7 Å². The van der Waals surface area contributed by atoms with Crippen molar-refractivity contribution in [3.63, 3.8) is 0 Å². The second-order valence-electron chi connectivity index (χ2n) is 7.29. The zero-order valence-electron chi connectivity index (χ0n) is 14.5. The Kier molecular flexibility index (Phi) is 5.27. The molecule has 1 aromatic heterocycles. The lowest BCUT2D eigenvalue weighted by Gasteiger charge is -2.32. The Morgan fingerprint density at radius 2 is 2.09 bits per heavy atom. The first-order valence-corrected chi connectivity index (χ1v) is 9.78. The van der Waals surface area contributed by atoms with E-state index in [4.69, 9.17) is 0 Å². The first kappa shape index (κ1) is 16.8. The quantitative estimate of drug-likeness (QED) is 0.916. The maximum atomic E-state index is 12.6. The Labute approximate surface area is 143 Å². The Hall–Kier alpha value is -1.07. The van der Waals surface area contributed by atoms with Crippen LogP contribution in [0.25, 0.3) is 0 Å². The van der Waals surface area contributed by atoms with Crippen LogP contribution in [0.3, 0.4) is 0 Å². The Morgan fingerprint density at radius 3 is 2.78 bits per heavy atom. The van der Waals surface area contributed by atoms with Gasteiger partial charge in [-0.05, 0) is 51.5 Å². The van der Waals surface area contributed by atoms with Gasteiger partial charge in [0.2, 0.25) is 0 Å². The van der Waals surface area contributed by atoms with Crippen molar-refractivity contribution in [1.29, 1.82) is 0 Å². The van der Waals surface area contributed by atoms with Crippen LogP contribution in [0.15, 0.2) is 17.5 Å². The van der Waals surface area contributed by atoms with Gasteiger partial charge in [-0.3, -0.25) is 4.90 Å². The van der Waals surface area contributed by atoms with Crippen LogP contribution in [0.5, 0.6) is 0 Å². The van der Waals surface area contributed by atoms with Crippen molar-refractivity contribution in [2.75, 3.05) is 13.1 Å². The summed E-state index contributed by atoms with van der Waals surface area (Å²) in [7, 11) is 0. The SMILES string of the molecule is CC(C)N1[C@@H]2CC[C@H]1CN(C(=O)N[C@H](C)Cc1cccs1)CC2. The van der Waals surface area contributed by atoms with Gasteiger partial charge in [-0.15, -0.1) is 11.3 Å². The molecule has 1 aromatic rings. The lowest BCUT2D eigenvalue weighted by atomic mass is 10.1. The highest BCUT2D eigenvalue weighted by Crippen LogP contribution is 2.32. The largest absolute Gasteiger partial charge is 0.335 e. The van der Waals surface area contributed by atoms with Gasteiger partial charge in [0.25, 0.3) is 0 Å². The number of rotatable bonds is 4. The number of hydrogen-bond acceptors (Lipinski definition) is 3. The summed E-state index contributed by atoms with van der Waals surface area (Å²) in [5.74, 6) is 0. The molecule has 128 valence electrons. The monoisotopic (exact) mass is 335 g/mol. The molecule has 0 aromatic carbocycles. The van der Waals surface area contributed by atoms with Crippen LogP contribution in [0.2, 0.25) is 0 Å². The van der Waals surface area contributed by atoms with E-state index in [2.05, 4.69) is 48.5 Å². The molecule has 23 heavy (non-hydrogen) atoms. The van der Waals surface area contributed by atoms with Gasteiger partial charge in [0.05, 0.1) is 0 Å². The van der Waals surface area contributed by atoms with Crippen molar-refractivity contribution < 1.29 is 4.79 Å². The number of fused-ring (bicyclic) bond motifs is 2. The fourth-order valence-corrected chi connectivity index (χ4v) is 5.06. The molecule has 0 spiro atoms. The van der Waals surface area contributed by atoms with E-state index in [1.807, 2.05) is 4.90 Å². The Bertz CT molecular complexity index is 516. The van der Waals surface area contributed by atoms with Crippen molar-refractivity contribution >= 4 is 17.4 Å². The standard InChI is InChI=1S/C18H29N3OS/c1-13(2)21-15-6-7-16(21)12-20(9-8-15)18(22)19-14(3)11-17-5-4-10-23-17/h4-5,10,13-16H,6-9,11-12H2,1-3H3,(H,19,22)/t14-,15-,16+/m1/s1. The maximum absolute atomic E-state index is 12.6. The van der Waals surface area contributed by atoms with Gasteiger partial charge in [0, 0.05) is 48.6 Å². The molecule has 0 unspecified atom stereocenters. The molecule has 2 bridgehead atoms. The summed E-state index contributed by atoms with van der Waals surface area (Å²) in [6.45, 7) is 8.44. The third-order valence-electron chi connectivity index (χ3n) is 5.18. The van der Waals surface area contributed by atoms with Crippen LogP contribution in [-0.2, 0) is 6.42 Å². The molecule has 2 fully saturated rings. The van der Waals surface area contributed by atoms with Crippen LogP contribution in [0.1, 0.15) is 44.9 Å². The highest BCUT2D eigenvalue weighted by Gasteiger charge is 2.39. The Morgan fingerprint density at radius 1 is 1.30 bits per heavy atom. The normalized spacial score (nSPS) is 26.3. The summed E-state index contributed by atoms with van der Waals surface area (Å²) in [6.07, 6.45) is 4.56. The molecule has 1 N–H and O–H groups in total. The maximum Gasteiger partial charge on any atom is 0.317 e. The molecule has 2 amide bonds. The predicted octanol–water partition coefficient (Wildman–Crippen LogP) is 3.34. The number of urea groups is 1. The average molecular weight is 336 g/mol. The number of nitrogens with one attached hydrogen (secondary N) is 1. The highest BCUT2D eigenvalue weighted by atomic mass is 32.1. The van der Waals surface area contributed by atoms with Crippen molar-refractivity contribution in [3.05, 3.63) is 22.4 Å². The minimum Gasteiger partial charge on any atom is -0.335 e. The van der Waals surface area contributed by atoms with E-state index in [0.717, 1.165) is 25.9 Å².